The summed E-state index contributed by atoms with van der Waals surface area (Å²) in [5.74, 6) is -1.19. The lowest BCUT2D eigenvalue weighted by Crippen LogP contribution is -2.30. The van der Waals surface area contributed by atoms with Crippen LogP contribution in [0.4, 0.5) is 4.79 Å². The van der Waals surface area contributed by atoms with Crippen LogP contribution in [0.2, 0.25) is 0 Å². The monoisotopic (exact) mass is 506 g/mol. The van der Waals surface area contributed by atoms with Crippen LogP contribution < -0.4 is 14.8 Å². The zero-order valence-corrected chi connectivity index (χ0v) is 19.8. The molecule has 0 aliphatic carbocycles. The second kappa shape index (κ2) is 10.7. The van der Waals surface area contributed by atoms with Crippen molar-refractivity contribution in [2.24, 2.45) is 0 Å². The van der Waals surface area contributed by atoms with E-state index in [1.54, 1.807) is 30.3 Å². The number of nitrogens with one attached hydrogen (secondary N) is 1. The minimum Gasteiger partial charge on any atom is -0.493 e. The molecule has 0 atom stereocenters. The van der Waals surface area contributed by atoms with E-state index in [1.165, 1.54) is 44.6 Å². The molecule has 4 rings (SSSR count). The predicted molar refractivity (Wildman–Crippen MR) is 128 cm³/mol. The predicted octanol–water partition coefficient (Wildman–Crippen LogP) is 3.44. The van der Waals surface area contributed by atoms with Crippen LogP contribution in [0.25, 0.3) is 6.08 Å². The maximum absolute atomic E-state index is 12.8. The normalized spacial score (nSPS) is 14.0. The first kappa shape index (κ1) is 25.0. The number of imide groups is 1. The third-order valence-electron chi connectivity index (χ3n) is 5.42. The lowest BCUT2D eigenvalue weighted by molar-refractivity contribution is -0.123. The maximum atomic E-state index is 12.8. The molecule has 190 valence electrons. The maximum Gasteiger partial charge on any atom is 0.373 e. The first-order chi connectivity index (χ1) is 17.8. The van der Waals surface area contributed by atoms with Gasteiger partial charge >= 0.3 is 18.0 Å². The van der Waals surface area contributed by atoms with E-state index in [-0.39, 0.29) is 35.9 Å². The summed E-state index contributed by atoms with van der Waals surface area (Å²) in [6, 6.07) is 13.6. The molecule has 1 fully saturated rings. The molecule has 1 aliphatic rings. The fraction of sp³-hybridized carbons (Fsp3) is 0.154. The smallest absolute Gasteiger partial charge is 0.373 e. The molecule has 3 aromatic rings. The zero-order valence-electron chi connectivity index (χ0n) is 19.8. The highest BCUT2D eigenvalue weighted by molar-refractivity contribution is 6.13. The average molecular weight is 506 g/mol. The minimum absolute atomic E-state index is 0.0352. The molecule has 1 saturated heterocycles. The van der Waals surface area contributed by atoms with Gasteiger partial charge in [0.1, 0.15) is 18.1 Å². The van der Waals surface area contributed by atoms with Gasteiger partial charge in [0.2, 0.25) is 5.76 Å². The number of esters is 1. The highest BCUT2D eigenvalue weighted by Gasteiger charge is 2.34. The average Bonchev–Trinajstić information content (AvgIpc) is 3.48. The number of carbonyl (C=O) groups excluding carboxylic acids is 3. The SMILES string of the molecule is COC(=O)c1ccc(CN2C(=O)N/C(=C\c3ccc(OCc4ccc(C(=O)O)cc4)c(OC)c3)C2=O)o1. The number of rotatable bonds is 9. The van der Waals surface area contributed by atoms with Crippen molar-refractivity contribution >= 4 is 30.0 Å². The Labute approximate surface area is 210 Å². The van der Waals surface area contributed by atoms with Crippen molar-refractivity contribution in [3.05, 3.63) is 88.5 Å². The van der Waals surface area contributed by atoms with Gasteiger partial charge in [-0.05, 0) is 53.6 Å². The number of methoxy groups -OCH3 is 2. The number of amides is 3. The fourth-order valence-electron chi connectivity index (χ4n) is 3.51. The summed E-state index contributed by atoms with van der Waals surface area (Å²) in [6.45, 7) is 0.0210. The molecule has 37 heavy (non-hydrogen) atoms. The van der Waals surface area contributed by atoms with Gasteiger partial charge in [-0.3, -0.25) is 9.69 Å². The summed E-state index contributed by atoms with van der Waals surface area (Å²) in [4.78, 5) is 48.7. The summed E-state index contributed by atoms with van der Waals surface area (Å²) < 4.78 is 21.1. The molecule has 1 aromatic heterocycles. The highest BCUT2D eigenvalue weighted by atomic mass is 16.5. The summed E-state index contributed by atoms with van der Waals surface area (Å²) in [5, 5.41) is 11.5. The summed E-state index contributed by atoms with van der Waals surface area (Å²) >= 11 is 0. The molecule has 0 saturated carbocycles. The number of benzene rings is 2. The molecular weight excluding hydrogens is 484 g/mol. The molecule has 2 aromatic carbocycles. The highest BCUT2D eigenvalue weighted by Crippen LogP contribution is 2.30. The Morgan fingerprint density at radius 3 is 2.46 bits per heavy atom. The van der Waals surface area contributed by atoms with Crippen molar-refractivity contribution < 1.29 is 42.9 Å². The Bertz CT molecular complexity index is 1390. The standard InChI is InChI=1S/C26H22N2O9/c1-34-22-12-16(5-9-20(22)36-14-15-3-6-17(7-4-15)24(30)31)11-19-23(29)28(26(33)27-19)13-18-8-10-21(37-18)25(32)35-2/h3-12H,13-14H2,1-2H3,(H,27,33)(H,30,31)/b19-11-. The van der Waals surface area contributed by atoms with Gasteiger partial charge in [-0.25, -0.2) is 14.4 Å². The second-order valence-corrected chi connectivity index (χ2v) is 7.84. The third-order valence-corrected chi connectivity index (χ3v) is 5.42. The first-order valence-electron chi connectivity index (χ1n) is 10.9. The fourth-order valence-corrected chi connectivity index (χ4v) is 3.51. The van der Waals surface area contributed by atoms with Crippen molar-refractivity contribution in [1.82, 2.24) is 10.2 Å². The molecule has 0 unspecified atom stereocenters. The van der Waals surface area contributed by atoms with Gasteiger partial charge in [0.05, 0.1) is 26.3 Å². The number of aromatic carboxylic acids is 1. The number of carboxylic acid groups (broad SMARTS) is 1. The molecule has 1 aliphatic heterocycles. The number of nitrogens with zero attached hydrogens (tertiary/aromatic N) is 1. The van der Waals surface area contributed by atoms with Crippen LogP contribution >= 0.6 is 0 Å². The van der Waals surface area contributed by atoms with Crippen molar-refractivity contribution in [2.45, 2.75) is 13.2 Å². The Hall–Kier alpha value is -5.06. The van der Waals surface area contributed by atoms with E-state index in [9.17, 15) is 19.2 Å². The summed E-state index contributed by atoms with van der Waals surface area (Å²) in [6.07, 6.45) is 1.50. The number of furan rings is 1. The molecule has 0 radical (unpaired) electrons. The third kappa shape index (κ3) is 5.61. The van der Waals surface area contributed by atoms with Crippen LogP contribution in [0.3, 0.4) is 0 Å². The molecule has 11 nitrogen and oxygen atoms in total. The molecule has 2 heterocycles. The summed E-state index contributed by atoms with van der Waals surface area (Å²) in [5.41, 5.74) is 1.58. The van der Waals surface area contributed by atoms with Gasteiger partial charge in [0.25, 0.3) is 5.91 Å². The van der Waals surface area contributed by atoms with Crippen molar-refractivity contribution in [1.29, 1.82) is 0 Å². The number of urea groups is 1. The number of hydrogen-bond acceptors (Lipinski definition) is 8. The Balaban J connectivity index is 1.44. The topological polar surface area (TPSA) is 145 Å². The van der Waals surface area contributed by atoms with Crippen LogP contribution in [0.15, 0.2) is 64.7 Å². The minimum atomic E-state index is -1.01. The number of carbonyl (C=O) groups is 4. The van der Waals surface area contributed by atoms with Crippen LogP contribution in [0.5, 0.6) is 11.5 Å². The van der Waals surface area contributed by atoms with E-state index < -0.39 is 23.9 Å². The quantitative estimate of drug-likeness (QED) is 0.253. The lowest BCUT2D eigenvalue weighted by Gasteiger charge is -2.12. The van der Waals surface area contributed by atoms with Gasteiger partial charge in [0, 0.05) is 0 Å². The number of ether oxygens (including phenoxy) is 3. The molecule has 11 heteroatoms. The Kier molecular flexibility index (Phi) is 7.23. The summed E-state index contributed by atoms with van der Waals surface area (Å²) in [7, 11) is 2.69. The van der Waals surface area contributed by atoms with Crippen molar-refractivity contribution in [3.63, 3.8) is 0 Å². The molecule has 0 bridgehead atoms. The largest absolute Gasteiger partial charge is 0.493 e. The van der Waals surface area contributed by atoms with Crippen LogP contribution in [0.1, 0.15) is 37.8 Å². The van der Waals surface area contributed by atoms with E-state index in [2.05, 4.69) is 10.1 Å². The zero-order chi connectivity index (χ0) is 26.5. The van der Waals surface area contributed by atoms with Gasteiger partial charge in [-0.2, -0.15) is 0 Å². The van der Waals surface area contributed by atoms with Gasteiger partial charge < -0.3 is 29.1 Å². The van der Waals surface area contributed by atoms with Crippen LogP contribution in [0, 0.1) is 0 Å². The molecule has 3 amide bonds. The van der Waals surface area contributed by atoms with Gasteiger partial charge in [-0.15, -0.1) is 0 Å². The lowest BCUT2D eigenvalue weighted by atomic mass is 10.1. The van der Waals surface area contributed by atoms with E-state index >= 15 is 0 Å². The Morgan fingerprint density at radius 1 is 1.03 bits per heavy atom. The van der Waals surface area contributed by atoms with Gasteiger partial charge in [0.15, 0.2) is 11.5 Å². The Morgan fingerprint density at radius 2 is 1.78 bits per heavy atom. The van der Waals surface area contributed by atoms with Crippen LogP contribution in [-0.4, -0.2) is 48.1 Å². The number of hydrogen-bond donors (Lipinski definition) is 2. The van der Waals surface area contributed by atoms with Crippen LogP contribution in [-0.2, 0) is 22.7 Å². The number of carboxylic acids is 1. The molecule has 0 spiro atoms. The van der Waals surface area contributed by atoms with Gasteiger partial charge in [-0.1, -0.05) is 18.2 Å². The van der Waals surface area contributed by atoms with E-state index in [1.807, 2.05) is 0 Å². The second-order valence-electron chi connectivity index (χ2n) is 7.84. The van der Waals surface area contributed by atoms with E-state index in [4.69, 9.17) is 19.0 Å². The molecule has 2 N–H and O–H groups in total. The van der Waals surface area contributed by atoms with Crippen molar-refractivity contribution in [3.8, 4) is 11.5 Å². The molecular formula is C26H22N2O9. The van der Waals surface area contributed by atoms with Crippen molar-refractivity contribution in [2.75, 3.05) is 14.2 Å². The van der Waals surface area contributed by atoms with E-state index in [0.717, 1.165) is 10.5 Å². The first-order valence-corrected chi connectivity index (χ1v) is 10.9. The van der Waals surface area contributed by atoms with E-state index in [0.29, 0.717) is 17.1 Å².